The maximum absolute atomic E-state index is 12.3. The predicted molar refractivity (Wildman–Crippen MR) is 79.6 cm³/mol. The SMILES string of the molecule is CS(=O)CCCNS(=O)(=O)c1c(NN)nc2sccn12. The Hall–Kier alpha value is -1.01. The van der Waals surface area contributed by atoms with Gasteiger partial charge in [0.15, 0.2) is 10.8 Å². The van der Waals surface area contributed by atoms with E-state index in [4.69, 9.17) is 5.84 Å². The quantitative estimate of drug-likeness (QED) is 0.363. The number of anilines is 1. The largest absolute Gasteiger partial charge is 0.306 e. The van der Waals surface area contributed by atoms with Crippen LogP contribution in [0.15, 0.2) is 16.6 Å². The normalized spacial score (nSPS) is 13.7. The lowest BCUT2D eigenvalue weighted by Crippen LogP contribution is -2.28. The number of aromatic nitrogens is 2. The van der Waals surface area contributed by atoms with Crippen LogP contribution in [-0.4, -0.2) is 40.6 Å². The molecule has 0 fully saturated rings. The number of nitrogens with zero attached hydrogens (tertiary/aromatic N) is 2. The molecule has 2 heterocycles. The molecule has 11 heteroatoms. The number of nitrogen functional groups attached to an aromatic ring is 1. The van der Waals surface area contributed by atoms with Crippen LogP contribution in [-0.2, 0) is 20.8 Å². The fourth-order valence-electron chi connectivity index (χ4n) is 1.67. The van der Waals surface area contributed by atoms with Gasteiger partial charge in [0.2, 0.25) is 5.03 Å². The molecule has 0 aliphatic heterocycles. The van der Waals surface area contributed by atoms with Crippen LogP contribution < -0.4 is 16.0 Å². The summed E-state index contributed by atoms with van der Waals surface area (Å²) in [5.74, 6) is 5.86. The van der Waals surface area contributed by atoms with Gasteiger partial charge in [-0.2, -0.15) is 4.98 Å². The van der Waals surface area contributed by atoms with Gasteiger partial charge < -0.3 is 5.43 Å². The fraction of sp³-hybridized carbons (Fsp3) is 0.444. The summed E-state index contributed by atoms with van der Waals surface area (Å²) in [5, 5.41) is 1.72. The third-order valence-electron chi connectivity index (χ3n) is 2.51. The van der Waals surface area contributed by atoms with Crippen molar-refractivity contribution in [1.29, 1.82) is 0 Å². The van der Waals surface area contributed by atoms with Gasteiger partial charge in [0.25, 0.3) is 10.0 Å². The number of nitrogens with one attached hydrogen (secondary N) is 2. The van der Waals surface area contributed by atoms with Crippen LogP contribution >= 0.6 is 11.3 Å². The molecule has 20 heavy (non-hydrogen) atoms. The van der Waals surface area contributed by atoms with E-state index in [1.807, 2.05) is 0 Å². The Labute approximate surface area is 122 Å². The summed E-state index contributed by atoms with van der Waals surface area (Å²) in [6.07, 6.45) is 3.69. The van der Waals surface area contributed by atoms with Gasteiger partial charge in [0.1, 0.15) is 0 Å². The first-order valence-corrected chi connectivity index (χ1v) is 9.76. The number of rotatable bonds is 7. The van der Waals surface area contributed by atoms with Gasteiger partial charge in [-0.15, -0.1) is 11.3 Å². The van der Waals surface area contributed by atoms with E-state index in [0.29, 0.717) is 17.1 Å². The summed E-state index contributed by atoms with van der Waals surface area (Å²) in [6.45, 7) is 0.212. The summed E-state index contributed by atoms with van der Waals surface area (Å²) in [4.78, 5) is 4.63. The Bertz CT molecular complexity index is 720. The number of fused-ring (bicyclic) bond motifs is 1. The van der Waals surface area contributed by atoms with E-state index >= 15 is 0 Å². The molecule has 2 aromatic rings. The van der Waals surface area contributed by atoms with Gasteiger partial charge in [-0.25, -0.2) is 19.0 Å². The second-order valence-electron chi connectivity index (χ2n) is 3.99. The van der Waals surface area contributed by atoms with Gasteiger partial charge in [-0.05, 0) is 6.42 Å². The van der Waals surface area contributed by atoms with Crippen LogP contribution in [0.4, 0.5) is 5.82 Å². The Kier molecular flexibility index (Phi) is 4.75. The molecule has 8 nitrogen and oxygen atoms in total. The highest BCUT2D eigenvalue weighted by molar-refractivity contribution is 7.89. The minimum Gasteiger partial charge on any atom is -0.306 e. The molecule has 0 aliphatic rings. The lowest BCUT2D eigenvalue weighted by molar-refractivity contribution is 0.576. The van der Waals surface area contributed by atoms with Crippen molar-refractivity contribution in [2.45, 2.75) is 11.4 Å². The van der Waals surface area contributed by atoms with Crippen LogP contribution in [0.3, 0.4) is 0 Å². The average molecular weight is 337 g/mol. The van der Waals surface area contributed by atoms with Gasteiger partial charge in [0.05, 0.1) is 0 Å². The fourth-order valence-corrected chi connectivity index (χ4v) is 4.30. The van der Waals surface area contributed by atoms with Gasteiger partial charge in [-0.3, -0.25) is 8.61 Å². The zero-order chi connectivity index (χ0) is 14.8. The maximum atomic E-state index is 12.3. The van der Waals surface area contributed by atoms with Crippen molar-refractivity contribution >= 4 is 42.9 Å². The van der Waals surface area contributed by atoms with E-state index in [9.17, 15) is 12.6 Å². The highest BCUT2D eigenvalue weighted by Gasteiger charge is 2.25. The second-order valence-corrected chi connectivity index (χ2v) is 8.10. The van der Waals surface area contributed by atoms with Crippen molar-refractivity contribution in [2.24, 2.45) is 5.84 Å². The minimum atomic E-state index is -3.74. The maximum Gasteiger partial charge on any atom is 0.260 e. The van der Waals surface area contributed by atoms with Crippen molar-refractivity contribution < 1.29 is 12.6 Å². The standard InChI is InChI=1S/C9H15N5O3S3/c1-19(15)6-2-3-11-20(16,17)8-7(13-10)12-9-14(8)4-5-18-9/h4-5,11,13H,2-3,6,10H2,1H3. The van der Waals surface area contributed by atoms with Crippen LogP contribution in [0, 0.1) is 0 Å². The zero-order valence-corrected chi connectivity index (χ0v) is 13.1. The zero-order valence-electron chi connectivity index (χ0n) is 10.7. The number of imidazole rings is 1. The van der Waals surface area contributed by atoms with Crippen LogP contribution in [0.5, 0.6) is 0 Å². The van der Waals surface area contributed by atoms with Crippen LogP contribution in [0.25, 0.3) is 4.96 Å². The lowest BCUT2D eigenvalue weighted by atomic mass is 10.5. The monoisotopic (exact) mass is 337 g/mol. The van der Waals surface area contributed by atoms with Crippen molar-refractivity contribution in [3.63, 3.8) is 0 Å². The Morgan fingerprint density at radius 3 is 2.95 bits per heavy atom. The molecule has 0 bridgehead atoms. The molecule has 1 atom stereocenters. The number of hydrazine groups is 1. The Balaban J connectivity index is 2.22. The van der Waals surface area contributed by atoms with Gasteiger partial charge >= 0.3 is 0 Å². The molecule has 0 aromatic carbocycles. The molecule has 2 aromatic heterocycles. The Morgan fingerprint density at radius 1 is 1.55 bits per heavy atom. The molecule has 2 rings (SSSR count). The smallest absolute Gasteiger partial charge is 0.260 e. The molecule has 0 saturated carbocycles. The number of sulfonamides is 1. The van der Waals surface area contributed by atoms with Crippen molar-refractivity contribution in [3.8, 4) is 0 Å². The van der Waals surface area contributed by atoms with Crippen molar-refractivity contribution in [3.05, 3.63) is 11.6 Å². The predicted octanol–water partition coefficient (Wildman–Crippen LogP) is -0.272. The summed E-state index contributed by atoms with van der Waals surface area (Å²) in [7, 11) is -4.67. The average Bonchev–Trinajstić information content (AvgIpc) is 2.93. The third kappa shape index (κ3) is 3.17. The van der Waals surface area contributed by atoms with Crippen molar-refractivity contribution in [2.75, 3.05) is 24.0 Å². The molecule has 112 valence electrons. The van der Waals surface area contributed by atoms with Gasteiger partial charge in [0, 0.05) is 40.9 Å². The molecule has 0 aliphatic carbocycles. The molecule has 1 unspecified atom stereocenters. The van der Waals surface area contributed by atoms with E-state index in [1.54, 1.807) is 17.8 Å². The molecule has 0 spiro atoms. The van der Waals surface area contributed by atoms with Crippen molar-refractivity contribution in [1.82, 2.24) is 14.1 Å². The highest BCUT2D eigenvalue weighted by Crippen LogP contribution is 2.24. The van der Waals surface area contributed by atoms with E-state index < -0.39 is 20.8 Å². The number of hydrogen-bond acceptors (Lipinski definition) is 7. The molecular formula is C9H15N5O3S3. The number of thiazole rings is 1. The molecular weight excluding hydrogens is 322 g/mol. The van der Waals surface area contributed by atoms with Gasteiger partial charge in [-0.1, -0.05) is 0 Å². The molecule has 0 amide bonds. The summed E-state index contributed by atoms with van der Waals surface area (Å²) in [5.41, 5.74) is 2.29. The topological polar surface area (TPSA) is 119 Å². The van der Waals surface area contributed by atoms with E-state index in [2.05, 4.69) is 15.1 Å². The van der Waals surface area contributed by atoms with E-state index in [0.717, 1.165) is 0 Å². The highest BCUT2D eigenvalue weighted by atomic mass is 32.2. The first-order chi connectivity index (χ1) is 9.45. The summed E-state index contributed by atoms with van der Waals surface area (Å²) < 4.78 is 39.4. The van der Waals surface area contributed by atoms with E-state index in [-0.39, 0.29) is 17.4 Å². The van der Waals surface area contributed by atoms with Crippen LogP contribution in [0.2, 0.25) is 0 Å². The molecule has 0 saturated heterocycles. The molecule has 4 N–H and O–H groups in total. The second kappa shape index (κ2) is 6.18. The van der Waals surface area contributed by atoms with E-state index in [1.165, 1.54) is 15.7 Å². The summed E-state index contributed by atoms with van der Waals surface area (Å²) >= 11 is 1.31. The van der Waals surface area contributed by atoms with Crippen LogP contribution in [0.1, 0.15) is 6.42 Å². The third-order valence-corrected chi connectivity index (χ3v) is 5.61. The lowest BCUT2D eigenvalue weighted by Gasteiger charge is -2.07. The molecule has 0 radical (unpaired) electrons. The number of hydrogen-bond donors (Lipinski definition) is 3. The Morgan fingerprint density at radius 2 is 2.30 bits per heavy atom. The minimum absolute atomic E-state index is 0.0196. The summed E-state index contributed by atoms with van der Waals surface area (Å²) in [6, 6.07) is 0. The first kappa shape index (κ1) is 15.4. The number of nitrogens with two attached hydrogens (primary N) is 1. The first-order valence-electron chi connectivity index (χ1n) is 5.67.